The first-order valence-electron chi connectivity index (χ1n) is 9.21. The fraction of sp³-hybridized carbons (Fsp3) is 0.130. The number of hydrogen-bond donors (Lipinski definition) is 1. The number of aromatic nitrogens is 1. The zero-order chi connectivity index (χ0) is 23.3. The average Bonchev–Trinajstić information content (AvgIpc) is 2.82. The maximum Gasteiger partial charge on any atom is 0.176 e. The molecule has 160 valence electrons. The van der Waals surface area contributed by atoms with E-state index in [1.807, 2.05) is 6.07 Å². The molecule has 1 heterocycles. The lowest BCUT2D eigenvalue weighted by Gasteiger charge is -2.13. The van der Waals surface area contributed by atoms with Crippen molar-refractivity contribution in [2.24, 2.45) is 0 Å². The number of thioether (sulfide) groups is 1. The summed E-state index contributed by atoms with van der Waals surface area (Å²) in [6.07, 6.45) is 0. The van der Waals surface area contributed by atoms with Gasteiger partial charge in [0.05, 0.1) is 31.1 Å². The van der Waals surface area contributed by atoms with Gasteiger partial charge in [-0.15, -0.1) is 0 Å². The zero-order valence-electron chi connectivity index (χ0n) is 17.2. The number of carbonyl (C=O) groups excluding carboxylic acids is 1. The Balaban J connectivity index is 1.99. The second kappa shape index (κ2) is 10.1. The number of rotatable bonds is 7. The molecule has 0 atom stereocenters. The second-order valence-electron chi connectivity index (χ2n) is 6.44. The van der Waals surface area contributed by atoms with Crippen LogP contribution < -0.4 is 15.2 Å². The molecule has 1 aromatic heterocycles. The molecule has 0 bridgehead atoms. The number of benzene rings is 2. The van der Waals surface area contributed by atoms with Crippen LogP contribution in [0.2, 0.25) is 5.02 Å². The molecular formula is C23H17ClN4O3S. The Hall–Kier alpha value is -3.72. The molecule has 7 nitrogen and oxygen atoms in total. The summed E-state index contributed by atoms with van der Waals surface area (Å²) >= 11 is 7.03. The third kappa shape index (κ3) is 4.62. The van der Waals surface area contributed by atoms with Gasteiger partial charge in [-0.25, -0.2) is 4.98 Å². The molecule has 0 saturated heterocycles. The van der Waals surface area contributed by atoms with Gasteiger partial charge >= 0.3 is 0 Å². The van der Waals surface area contributed by atoms with Crippen molar-refractivity contribution in [1.29, 1.82) is 10.5 Å². The summed E-state index contributed by atoms with van der Waals surface area (Å²) in [5.41, 5.74) is 7.61. The second-order valence-corrected chi connectivity index (χ2v) is 7.84. The fourth-order valence-corrected chi connectivity index (χ4v) is 4.05. The number of halogens is 1. The Morgan fingerprint density at radius 1 is 1.09 bits per heavy atom. The Bertz CT molecular complexity index is 1260. The van der Waals surface area contributed by atoms with Crippen molar-refractivity contribution >= 4 is 35.0 Å². The van der Waals surface area contributed by atoms with E-state index >= 15 is 0 Å². The molecule has 0 fully saturated rings. The summed E-state index contributed by atoms with van der Waals surface area (Å²) in [6.45, 7) is 0. The third-order valence-corrected chi connectivity index (χ3v) is 5.82. The van der Waals surface area contributed by atoms with Crippen molar-refractivity contribution in [2.75, 3.05) is 25.7 Å². The molecule has 0 amide bonds. The SMILES string of the molecule is COc1ccc(C(=O)CSc2nc(N)c(C#N)c(-c3ccc(Cl)cc3)c2C#N)c(OC)c1. The molecule has 0 aliphatic heterocycles. The van der Waals surface area contributed by atoms with Crippen LogP contribution in [0.4, 0.5) is 5.82 Å². The molecule has 0 aliphatic rings. The van der Waals surface area contributed by atoms with E-state index in [0.29, 0.717) is 33.2 Å². The number of anilines is 1. The van der Waals surface area contributed by atoms with Crippen molar-refractivity contribution < 1.29 is 14.3 Å². The van der Waals surface area contributed by atoms with Crippen molar-refractivity contribution in [2.45, 2.75) is 5.03 Å². The van der Waals surface area contributed by atoms with Gasteiger partial charge in [0.1, 0.15) is 40.0 Å². The summed E-state index contributed by atoms with van der Waals surface area (Å²) in [5.74, 6) is 0.677. The van der Waals surface area contributed by atoms with E-state index in [1.54, 1.807) is 42.5 Å². The summed E-state index contributed by atoms with van der Waals surface area (Å²) < 4.78 is 10.5. The molecule has 2 aromatic carbocycles. The lowest BCUT2D eigenvalue weighted by molar-refractivity contribution is 0.101. The van der Waals surface area contributed by atoms with E-state index in [2.05, 4.69) is 11.1 Å². The minimum Gasteiger partial charge on any atom is -0.497 e. The number of carbonyl (C=O) groups is 1. The highest BCUT2D eigenvalue weighted by Crippen LogP contribution is 2.36. The molecule has 0 spiro atoms. The molecule has 9 heteroatoms. The van der Waals surface area contributed by atoms with E-state index in [-0.39, 0.29) is 33.5 Å². The Kier molecular flexibility index (Phi) is 7.21. The first-order chi connectivity index (χ1) is 15.4. The third-order valence-electron chi connectivity index (χ3n) is 4.60. The first-order valence-corrected chi connectivity index (χ1v) is 10.6. The van der Waals surface area contributed by atoms with E-state index in [1.165, 1.54) is 14.2 Å². The largest absolute Gasteiger partial charge is 0.497 e. The highest BCUT2D eigenvalue weighted by atomic mass is 35.5. The van der Waals surface area contributed by atoms with Crippen molar-refractivity contribution in [1.82, 2.24) is 4.98 Å². The van der Waals surface area contributed by atoms with Crippen molar-refractivity contribution in [3.05, 3.63) is 64.2 Å². The predicted octanol–water partition coefficient (Wildman–Crippen LogP) is 4.72. The predicted molar refractivity (Wildman–Crippen MR) is 123 cm³/mol. The smallest absolute Gasteiger partial charge is 0.176 e. The van der Waals surface area contributed by atoms with Crippen LogP contribution in [-0.2, 0) is 0 Å². The van der Waals surface area contributed by atoms with Gasteiger partial charge in [-0.2, -0.15) is 10.5 Å². The van der Waals surface area contributed by atoms with Gasteiger partial charge in [-0.3, -0.25) is 4.79 Å². The number of Topliss-reactive ketones (excluding diaryl/α,β-unsaturated/α-hetero) is 1. The Labute approximate surface area is 194 Å². The van der Waals surface area contributed by atoms with Crippen LogP contribution in [0.1, 0.15) is 21.5 Å². The highest BCUT2D eigenvalue weighted by Gasteiger charge is 2.22. The highest BCUT2D eigenvalue weighted by molar-refractivity contribution is 8.00. The number of ketones is 1. The van der Waals surface area contributed by atoms with Gasteiger partial charge in [0.25, 0.3) is 0 Å². The molecule has 0 aliphatic carbocycles. The van der Waals surface area contributed by atoms with Crippen LogP contribution in [0.5, 0.6) is 11.5 Å². The normalized spacial score (nSPS) is 10.2. The van der Waals surface area contributed by atoms with Crippen LogP contribution in [0.3, 0.4) is 0 Å². The van der Waals surface area contributed by atoms with Crippen LogP contribution in [0.15, 0.2) is 47.5 Å². The monoisotopic (exact) mass is 464 g/mol. The number of nitrogen functional groups attached to an aromatic ring is 1. The number of nitrogens with zero attached hydrogens (tertiary/aromatic N) is 3. The standard InChI is InChI=1S/C23H17ClN4O3S/c1-30-15-7-8-16(20(9-15)31-2)19(29)12-32-23-18(11-26)21(17(10-25)22(27)28-23)13-3-5-14(24)6-4-13/h3-9H,12H2,1-2H3,(H2,27,28). The lowest BCUT2D eigenvalue weighted by atomic mass is 9.97. The van der Waals surface area contributed by atoms with Gasteiger partial charge in [-0.1, -0.05) is 35.5 Å². The fourth-order valence-electron chi connectivity index (χ4n) is 3.05. The summed E-state index contributed by atoms with van der Waals surface area (Å²) in [7, 11) is 2.99. The molecule has 3 aromatic rings. The van der Waals surface area contributed by atoms with Crippen LogP contribution in [0, 0.1) is 22.7 Å². The quantitative estimate of drug-likeness (QED) is 0.393. The molecule has 0 saturated carbocycles. The molecular weight excluding hydrogens is 448 g/mol. The van der Waals surface area contributed by atoms with Crippen LogP contribution in [0.25, 0.3) is 11.1 Å². The molecule has 2 N–H and O–H groups in total. The van der Waals surface area contributed by atoms with E-state index in [4.69, 9.17) is 26.8 Å². The minimum absolute atomic E-state index is 0.0181. The van der Waals surface area contributed by atoms with Gasteiger partial charge in [0.15, 0.2) is 5.78 Å². The van der Waals surface area contributed by atoms with Crippen molar-refractivity contribution in [3.8, 4) is 34.8 Å². The topological polar surface area (TPSA) is 122 Å². The number of hydrogen-bond acceptors (Lipinski definition) is 8. The zero-order valence-corrected chi connectivity index (χ0v) is 18.8. The maximum absolute atomic E-state index is 12.8. The van der Waals surface area contributed by atoms with Gasteiger partial charge in [0, 0.05) is 16.7 Å². The van der Waals surface area contributed by atoms with Crippen molar-refractivity contribution in [3.63, 3.8) is 0 Å². The number of ether oxygens (including phenoxy) is 2. The number of nitriles is 2. The van der Waals surface area contributed by atoms with E-state index in [9.17, 15) is 15.3 Å². The van der Waals surface area contributed by atoms with Gasteiger partial charge in [0.2, 0.25) is 0 Å². The molecule has 3 rings (SSSR count). The van der Waals surface area contributed by atoms with Gasteiger partial charge < -0.3 is 15.2 Å². The minimum atomic E-state index is -0.226. The number of nitrogens with two attached hydrogens (primary N) is 1. The van der Waals surface area contributed by atoms with E-state index in [0.717, 1.165) is 11.8 Å². The lowest BCUT2D eigenvalue weighted by Crippen LogP contribution is -2.08. The van der Waals surface area contributed by atoms with Crippen LogP contribution >= 0.6 is 23.4 Å². The summed E-state index contributed by atoms with van der Waals surface area (Å²) in [5, 5.41) is 20.2. The van der Waals surface area contributed by atoms with Gasteiger partial charge in [-0.05, 0) is 29.8 Å². The number of pyridine rings is 1. The average molecular weight is 465 g/mol. The Morgan fingerprint density at radius 2 is 1.78 bits per heavy atom. The summed E-state index contributed by atoms with van der Waals surface area (Å²) in [6, 6.07) is 15.7. The molecule has 0 radical (unpaired) electrons. The first kappa shape index (κ1) is 23.0. The Morgan fingerprint density at radius 3 is 2.38 bits per heavy atom. The maximum atomic E-state index is 12.8. The molecule has 32 heavy (non-hydrogen) atoms. The van der Waals surface area contributed by atoms with Crippen LogP contribution in [-0.4, -0.2) is 30.7 Å². The molecule has 0 unspecified atom stereocenters. The number of methoxy groups -OCH3 is 2. The van der Waals surface area contributed by atoms with E-state index < -0.39 is 0 Å². The summed E-state index contributed by atoms with van der Waals surface area (Å²) in [4.78, 5) is 17.1.